The van der Waals surface area contributed by atoms with Gasteiger partial charge in [-0.25, -0.2) is 0 Å². The van der Waals surface area contributed by atoms with Crippen LogP contribution in [0.15, 0.2) is 48.5 Å². The number of carbonyl (C=O) groups is 1. The third-order valence-electron chi connectivity index (χ3n) is 6.50. The van der Waals surface area contributed by atoms with Gasteiger partial charge in [-0.15, -0.1) is 0 Å². The van der Waals surface area contributed by atoms with Crippen LogP contribution in [0.1, 0.15) is 63.1 Å². The van der Waals surface area contributed by atoms with Crippen LogP contribution in [0.4, 0.5) is 4.39 Å². The second-order valence-corrected chi connectivity index (χ2v) is 10.4. The number of nitrogens with zero attached hydrogens (tertiary/aromatic N) is 1. The topological polar surface area (TPSA) is 38.8 Å². The van der Waals surface area contributed by atoms with Gasteiger partial charge in [0, 0.05) is 19.6 Å². The van der Waals surface area contributed by atoms with Crippen molar-refractivity contribution in [1.82, 2.24) is 4.90 Å². The minimum atomic E-state index is -0.551. The highest BCUT2D eigenvalue weighted by Gasteiger charge is 2.25. The van der Waals surface area contributed by atoms with E-state index in [-0.39, 0.29) is 18.7 Å². The number of esters is 1. The third kappa shape index (κ3) is 6.06. The quantitative estimate of drug-likeness (QED) is 0.359. The molecule has 1 heterocycles. The molecule has 2 aromatic carbocycles. The number of alkyl halides is 1. The van der Waals surface area contributed by atoms with E-state index >= 15 is 0 Å². The molecule has 1 aliphatic heterocycles. The number of aryl methyl sites for hydroxylation is 1. The van der Waals surface area contributed by atoms with Crippen LogP contribution in [0.5, 0.6) is 11.5 Å². The first-order chi connectivity index (χ1) is 16.3. The molecule has 1 saturated heterocycles. The van der Waals surface area contributed by atoms with Gasteiger partial charge in [-0.3, -0.25) is 14.1 Å². The van der Waals surface area contributed by atoms with E-state index in [1.54, 1.807) is 0 Å². The Bertz CT molecular complexity index is 1020. The van der Waals surface area contributed by atoms with Crippen molar-refractivity contribution in [3.63, 3.8) is 0 Å². The molecule has 0 N–H and O–H groups in total. The normalized spacial score (nSPS) is 18.7. The standard InChI is InChI=1S/C29H36FNO3/c1-29(2,3)28(32)34-24-14-11-21-7-4-5-8-26(27(21)19-24)22-9-12-23(13-10-22)33-25-15-18-31(20-25)17-6-16-30/h8-14,19,25H,4-7,15-18,20H2,1-3H3/t25-/m0/s1. The predicted octanol–water partition coefficient (Wildman–Crippen LogP) is 6.22. The fraction of sp³-hybridized carbons (Fsp3) is 0.483. The van der Waals surface area contributed by atoms with Crippen molar-refractivity contribution in [2.24, 2.45) is 5.41 Å². The molecule has 1 fully saturated rings. The lowest BCUT2D eigenvalue weighted by Gasteiger charge is -2.18. The SMILES string of the molecule is CC(C)(C)C(=O)Oc1ccc2c(c1)C(c1ccc(O[C@H]3CCN(CCCF)C3)cc1)=CCCC2. The predicted molar refractivity (Wildman–Crippen MR) is 134 cm³/mol. The minimum Gasteiger partial charge on any atom is -0.489 e. The molecule has 1 aliphatic carbocycles. The molecular formula is C29H36FNO3. The molecule has 0 bridgehead atoms. The van der Waals surface area contributed by atoms with E-state index in [1.807, 2.05) is 45.0 Å². The number of allylic oxidation sites excluding steroid dienone is 1. The highest BCUT2D eigenvalue weighted by Crippen LogP contribution is 2.35. The van der Waals surface area contributed by atoms with Gasteiger partial charge in [0.05, 0.1) is 12.1 Å². The van der Waals surface area contributed by atoms with Crippen LogP contribution in [0.25, 0.3) is 5.57 Å². The smallest absolute Gasteiger partial charge is 0.316 e. The van der Waals surface area contributed by atoms with Gasteiger partial charge >= 0.3 is 5.97 Å². The number of ether oxygens (including phenoxy) is 2. The van der Waals surface area contributed by atoms with Gasteiger partial charge in [0.1, 0.15) is 17.6 Å². The van der Waals surface area contributed by atoms with E-state index in [4.69, 9.17) is 9.47 Å². The molecule has 182 valence electrons. The number of hydrogen-bond donors (Lipinski definition) is 0. The number of carbonyl (C=O) groups excluding carboxylic acids is 1. The van der Waals surface area contributed by atoms with E-state index in [0.717, 1.165) is 62.2 Å². The number of halogens is 1. The summed E-state index contributed by atoms with van der Waals surface area (Å²) in [6, 6.07) is 14.3. The Morgan fingerprint density at radius 1 is 1.12 bits per heavy atom. The summed E-state index contributed by atoms with van der Waals surface area (Å²) in [7, 11) is 0. The average molecular weight is 466 g/mol. The van der Waals surface area contributed by atoms with Crippen LogP contribution >= 0.6 is 0 Å². The van der Waals surface area contributed by atoms with Crippen LogP contribution < -0.4 is 9.47 Å². The van der Waals surface area contributed by atoms with Crippen LogP contribution in [-0.4, -0.2) is 43.3 Å². The fourth-order valence-electron chi connectivity index (χ4n) is 4.56. The zero-order valence-corrected chi connectivity index (χ0v) is 20.6. The van der Waals surface area contributed by atoms with Gasteiger partial charge in [0.15, 0.2) is 0 Å². The Hall–Kier alpha value is -2.66. The summed E-state index contributed by atoms with van der Waals surface area (Å²) in [5, 5.41) is 0. The lowest BCUT2D eigenvalue weighted by atomic mass is 9.93. The largest absolute Gasteiger partial charge is 0.489 e. The maximum atomic E-state index is 12.4. The third-order valence-corrected chi connectivity index (χ3v) is 6.50. The summed E-state index contributed by atoms with van der Waals surface area (Å²) in [4.78, 5) is 14.7. The molecule has 5 heteroatoms. The highest BCUT2D eigenvalue weighted by atomic mass is 19.1. The van der Waals surface area contributed by atoms with Crippen LogP contribution in [0, 0.1) is 5.41 Å². The number of likely N-dealkylation sites (tertiary alicyclic amines) is 1. The molecule has 34 heavy (non-hydrogen) atoms. The second kappa shape index (κ2) is 10.7. The maximum Gasteiger partial charge on any atom is 0.316 e. The number of benzene rings is 2. The molecule has 0 unspecified atom stereocenters. The Morgan fingerprint density at radius 3 is 2.62 bits per heavy atom. The zero-order valence-electron chi connectivity index (χ0n) is 20.6. The second-order valence-electron chi connectivity index (χ2n) is 10.4. The molecule has 1 atom stereocenters. The summed E-state index contributed by atoms with van der Waals surface area (Å²) >= 11 is 0. The maximum absolute atomic E-state index is 12.4. The molecule has 0 spiro atoms. The first-order valence-electron chi connectivity index (χ1n) is 12.4. The van der Waals surface area contributed by atoms with Crippen molar-refractivity contribution in [3.05, 3.63) is 65.2 Å². The zero-order chi connectivity index (χ0) is 24.1. The van der Waals surface area contributed by atoms with Crippen molar-refractivity contribution >= 4 is 11.5 Å². The van der Waals surface area contributed by atoms with Crippen molar-refractivity contribution in [1.29, 1.82) is 0 Å². The van der Waals surface area contributed by atoms with Crippen LogP contribution in [0.2, 0.25) is 0 Å². The van der Waals surface area contributed by atoms with Crippen molar-refractivity contribution < 1.29 is 18.7 Å². The molecule has 0 saturated carbocycles. The summed E-state index contributed by atoms with van der Waals surface area (Å²) in [5.74, 6) is 1.22. The monoisotopic (exact) mass is 465 g/mol. The van der Waals surface area contributed by atoms with Gasteiger partial charge in [0.2, 0.25) is 0 Å². The van der Waals surface area contributed by atoms with E-state index in [1.165, 1.54) is 11.1 Å². The number of hydrogen-bond acceptors (Lipinski definition) is 4. The average Bonchev–Trinajstić information content (AvgIpc) is 3.14. The molecule has 2 aliphatic rings. The first kappa shape index (κ1) is 24.5. The van der Waals surface area contributed by atoms with Gasteiger partial charge in [-0.2, -0.15) is 0 Å². The molecule has 2 aromatic rings. The Balaban J connectivity index is 1.48. The van der Waals surface area contributed by atoms with Crippen LogP contribution in [-0.2, 0) is 11.2 Å². The molecule has 0 radical (unpaired) electrons. The lowest BCUT2D eigenvalue weighted by Crippen LogP contribution is -2.26. The summed E-state index contributed by atoms with van der Waals surface area (Å²) in [5.41, 5.74) is 4.16. The van der Waals surface area contributed by atoms with E-state index in [2.05, 4.69) is 29.2 Å². The van der Waals surface area contributed by atoms with Gasteiger partial charge in [-0.05, 0) is 99.4 Å². The van der Waals surface area contributed by atoms with E-state index < -0.39 is 5.41 Å². The molecule has 4 nitrogen and oxygen atoms in total. The van der Waals surface area contributed by atoms with Crippen molar-refractivity contribution in [2.75, 3.05) is 26.3 Å². The Morgan fingerprint density at radius 2 is 1.88 bits per heavy atom. The summed E-state index contributed by atoms with van der Waals surface area (Å²) in [6.07, 6.45) is 7.12. The van der Waals surface area contributed by atoms with Gasteiger partial charge in [0.25, 0.3) is 0 Å². The summed E-state index contributed by atoms with van der Waals surface area (Å²) < 4.78 is 24.3. The van der Waals surface area contributed by atoms with Gasteiger partial charge in [-0.1, -0.05) is 24.3 Å². The number of rotatable bonds is 7. The number of fused-ring (bicyclic) bond motifs is 1. The molecular weight excluding hydrogens is 429 g/mol. The van der Waals surface area contributed by atoms with Crippen molar-refractivity contribution in [3.8, 4) is 11.5 Å². The highest BCUT2D eigenvalue weighted by molar-refractivity contribution is 5.83. The molecule has 0 aromatic heterocycles. The Kier molecular flexibility index (Phi) is 7.72. The molecule has 0 amide bonds. The van der Waals surface area contributed by atoms with Gasteiger partial charge < -0.3 is 9.47 Å². The van der Waals surface area contributed by atoms with Crippen molar-refractivity contribution in [2.45, 2.75) is 59.0 Å². The molecule has 4 rings (SSSR count). The Labute approximate surface area is 202 Å². The minimum absolute atomic E-state index is 0.156. The first-order valence-corrected chi connectivity index (χ1v) is 12.4. The lowest BCUT2D eigenvalue weighted by molar-refractivity contribution is -0.143. The van der Waals surface area contributed by atoms with Crippen LogP contribution in [0.3, 0.4) is 0 Å². The fourth-order valence-corrected chi connectivity index (χ4v) is 4.56. The van der Waals surface area contributed by atoms with E-state index in [9.17, 15) is 9.18 Å². The van der Waals surface area contributed by atoms with E-state index in [0.29, 0.717) is 12.2 Å². The summed E-state index contributed by atoms with van der Waals surface area (Å²) in [6.45, 7) is 7.95.